The lowest BCUT2D eigenvalue weighted by Gasteiger charge is -2.32. The quantitative estimate of drug-likeness (QED) is 0.410. The Morgan fingerprint density at radius 3 is 2.29 bits per heavy atom. The predicted octanol–water partition coefficient (Wildman–Crippen LogP) is 5.67. The Labute approximate surface area is 207 Å². The fourth-order valence-corrected chi connectivity index (χ4v) is 4.12. The minimum Gasteiger partial charge on any atom is -0.354 e. The van der Waals surface area contributed by atoms with Gasteiger partial charge in [0.2, 0.25) is 11.8 Å². The molecule has 0 aromatic heterocycles. The van der Waals surface area contributed by atoms with Crippen molar-refractivity contribution in [1.82, 2.24) is 10.2 Å². The van der Waals surface area contributed by atoms with Gasteiger partial charge in [-0.2, -0.15) is 0 Å². The van der Waals surface area contributed by atoms with Crippen molar-refractivity contribution >= 4 is 23.4 Å². The van der Waals surface area contributed by atoms with Gasteiger partial charge in [0.05, 0.1) is 6.42 Å². The van der Waals surface area contributed by atoms with Crippen molar-refractivity contribution in [3.63, 3.8) is 0 Å². The fraction of sp³-hybridized carbons (Fsp3) is 0.310. The molecule has 3 aromatic carbocycles. The topological polar surface area (TPSA) is 49.4 Å². The molecule has 4 nitrogen and oxygen atoms in total. The summed E-state index contributed by atoms with van der Waals surface area (Å²) in [5.74, 6) is -0.248. The minimum absolute atomic E-state index is 0.101. The summed E-state index contributed by atoms with van der Waals surface area (Å²) in [6, 6.07) is 22.7. The number of hydrogen-bond donors (Lipinski definition) is 1. The van der Waals surface area contributed by atoms with Crippen molar-refractivity contribution in [1.29, 1.82) is 0 Å². The van der Waals surface area contributed by atoms with Gasteiger partial charge in [-0.05, 0) is 54.2 Å². The second-order valence-corrected chi connectivity index (χ2v) is 9.11. The fourth-order valence-electron chi connectivity index (χ4n) is 3.92. The zero-order chi connectivity index (χ0) is 24.5. The molecular weight excluding hydrogens is 444 g/mol. The van der Waals surface area contributed by atoms with Gasteiger partial charge in [-0.3, -0.25) is 9.59 Å². The van der Waals surface area contributed by atoms with Crippen LogP contribution in [-0.4, -0.2) is 29.3 Å². The molecule has 0 spiro atoms. The molecule has 0 unspecified atom stereocenters. The van der Waals surface area contributed by atoms with E-state index in [9.17, 15) is 9.59 Å². The third-order valence-electron chi connectivity index (χ3n) is 6.05. The zero-order valence-corrected chi connectivity index (χ0v) is 20.9. The van der Waals surface area contributed by atoms with Gasteiger partial charge in [0, 0.05) is 24.5 Å². The van der Waals surface area contributed by atoms with Crippen molar-refractivity contribution in [2.24, 2.45) is 0 Å². The summed E-state index contributed by atoms with van der Waals surface area (Å²) in [6.45, 7) is 6.94. The second kappa shape index (κ2) is 12.4. The van der Waals surface area contributed by atoms with Crippen LogP contribution >= 0.6 is 11.6 Å². The van der Waals surface area contributed by atoms with Crippen LogP contribution in [0.1, 0.15) is 41.2 Å². The maximum Gasteiger partial charge on any atom is 0.243 e. The van der Waals surface area contributed by atoms with Crippen LogP contribution in [-0.2, 0) is 29.0 Å². The number of rotatable bonds is 10. The third kappa shape index (κ3) is 6.94. The minimum atomic E-state index is -0.649. The molecule has 0 aliphatic carbocycles. The number of hydrogen-bond acceptors (Lipinski definition) is 2. The molecule has 3 rings (SSSR count). The summed E-state index contributed by atoms with van der Waals surface area (Å²) >= 11 is 6.46. The molecule has 1 N–H and O–H groups in total. The highest BCUT2D eigenvalue weighted by molar-refractivity contribution is 6.31. The predicted molar refractivity (Wildman–Crippen MR) is 139 cm³/mol. The first-order valence-electron chi connectivity index (χ1n) is 11.8. The Kier molecular flexibility index (Phi) is 9.29. The summed E-state index contributed by atoms with van der Waals surface area (Å²) < 4.78 is 0. The van der Waals surface area contributed by atoms with Crippen LogP contribution in [0.15, 0.2) is 72.8 Å². The van der Waals surface area contributed by atoms with Crippen LogP contribution in [0, 0.1) is 13.8 Å². The highest BCUT2D eigenvalue weighted by Crippen LogP contribution is 2.22. The van der Waals surface area contributed by atoms with Crippen molar-refractivity contribution < 1.29 is 9.59 Å². The monoisotopic (exact) mass is 476 g/mol. The maximum absolute atomic E-state index is 13.7. The van der Waals surface area contributed by atoms with E-state index in [1.165, 1.54) is 5.56 Å². The number of carbonyl (C=O) groups is 2. The van der Waals surface area contributed by atoms with Gasteiger partial charge in [0.1, 0.15) is 6.04 Å². The Morgan fingerprint density at radius 1 is 0.912 bits per heavy atom. The van der Waals surface area contributed by atoms with E-state index >= 15 is 0 Å². The van der Waals surface area contributed by atoms with E-state index in [1.807, 2.05) is 86.6 Å². The summed E-state index contributed by atoms with van der Waals surface area (Å²) in [4.78, 5) is 28.8. The van der Waals surface area contributed by atoms with E-state index in [4.69, 9.17) is 11.6 Å². The second-order valence-electron chi connectivity index (χ2n) is 8.70. The van der Waals surface area contributed by atoms with E-state index < -0.39 is 6.04 Å². The van der Waals surface area contributed by atoms with E-state index in [1.54, 1.807) is 4.90 Å². The van der Waals surface area contributed by atoms with Gasteiger partial charge in [-0.15, -0.1) is 0 Å². The largest absolute Gasteiger partial charge is 0.354 e. The lowest BCUT2D eigenvalue weighted by atomic mass is 10.00. The standard InChI is InChI=1S/C29H33ClN2O2/c1-4-16-31-29(34)27(18-23-10-6-5-7-11-23)32(20-25-12-8-9-13-26(25)30)28(33)19-24-15-14-21(2)22(3)17-24/h5-15,17,27H,4,16,18-20H2,1-3H3,(H,31,34)/t27-/m0/s1. The van der Waals surface area contributed by atoms with Crippen molar-refractivity contribution in [2.45, 2.75) is 52.6 Å². The number of aryl methyl sites for hydroxylation is 2. The molecule has 0 aliphatic heterocycles. The SMILES string of the molecule is CCCNC(=O)[C@H](Cc1ccccc1)N(Cc1ccccc1Cl)C(=O)Cc1ccc(C)c(C)c1. The number of halogens is 1. The molecule has 34 heavy (non-hydrogen) atoms. The number of carbonyl (C=O) groups excluding carboxylic acids is 2. The zero-order valence-electron chi connectivity index (χ0n) is 20.2. The van der Waals surface area contributed by atoms with E-state index in [2.05, 4.69) is 12.2 Å². The molecule has 2 amide bonds. The molecule has 3 aromatic rings. The summed E-state index contributed by atoms with van der Waals surface area (Å²) in [7, 11) is 0. The highest BCUT2D eigenvalue weighted by Gasteiger charge is 2.30. The summed E-state index contributed by atoms with van der Waals surface area (Å²) in [6.07, 6.45) is 1.47. The number of nitrogens with one attached hydrogen (secondary N) is 1. The van der Waals surface area contributed by atoms with Gasteiger partial charge in [-0.1, -0.05) is 85.3 Å². The van der Waals surface area contributed by atoms with Gasteiger partial charge >= 0.3 is 0 Å². The molecule has 1 atom stereocenters. The Bertz CT molecular complexity index is 1110. The van der Waals surface area contributed by atoms with Gasteiger partial charge in [0.15, 0.2) is 0 Å². The van der Waals surface area contributed by atoms with E-state index in [-0.39, 0.29) is 24.8 Å². The number of amides is 2. The molecule has 0 bridgehead atoms. The number of nitrogens with zero attached hydrogens (tertiary/aromatic N) is 1. The van der Waals surface area contributed by atoms with Crippen LogP contribution in [0.3, 0.4) is 0 Å². The molecule has 178 valence electrons. The molecular formula is C29H33ClN2O2. The van der Waals surface area contributed by atoms with Gasteiger partial charge in [0.25, 0.3) is 0 Å². The van der Waals surface area contributed by atoms with Crippen molar-refractivity contribution in [3.8, 4) is 0 Å². The van der Waals surface area contributed by atoms with E-state index in [0.717, 1.165) is 28.7 Å². The van der Waals surface area contributed by atoms with Crippen LogP contribution in [0.5, 0.6) is 0 Å². The Balaban J connectivity index is 1.97. The van der Waals surface area contributed by atoms with Crippen LogP contribution in [0.4, 0.5) is 0 Å². The van der Waals surface area contributed by atoms with E-state index in [0.29, 0.717) is 18.0 Å². The Hall–Kier alpha value is -3.11. The third-order valence-corrected chi connectivity index (χ3v) is 6.41. The summed E-state index contributed by atoms with van der Waals surface area (Å²) in [5.41, 5.74) is 5.08. The summed E-state index contributed by atoms with van der Waals surface area (Å²) in [5, 5.41) is 3.59. The lowest BCUT2D eigenvalue weighted by molar-refractivity contribution is -0.140. The molecule has 0 fully saturated rings. The van der Waals surface area contributed by atoms with Gasteiger partial charge < -0.3 is 10.2 Å². The molecule has 0 saturated heterocycles. The molecule has 0 radical (unpaired) electrons. The smallest absolute Gasteiger partial charge is 0.243 e. The average molecular weight is 477 g/mol. The van der Waals surface area contributed by atoms with Crippen LogP contribution in [0.25, 0.3) is 0 Å². The Morgan fingerprint density at radius 2 is 1.62 bits per heavy atom. The first-order valence-corrected chi connectivity index (χ1v) is 12.2. The van der Waals surface area contributed by atoms with Crippen LogP contribution in [0.2, 0.25) is 5.02 Å². The first kappa shape index (κ1) is 25.5. The van der Waals surface area contributed by atoms with Crippen molar-refractivity contribution in [2.75, 3.05) is 6.54 Å². The van der Waals surface area contributed by atoms with Crippen molar-refractivity contribution in [3.05, 3.63) is 106 Å². The maximum atomic E-state index is 13.7. The van der Waals surface area contributed by atoms with Gasteiger partial charge in [-0.25, -0.2) is 0 Å². The molecule has 0 aliphatic rings. The number of benzene rings is 3. The normalized spacial score (nSPS) is 11.6. The molecule has 0 saturated carbocycles. The molecule has 0 heterocycles. The highest BCUT2D eigenvalue weighted by atomic mass is 35.5. The molecule has 5 heteroatoms. The first-order chi connectivity index (χ1) is 16.4. The lowest BCUT2D eigenvalue weighted by Crippen LogP contribution is -2.51. The van der Waals surface area contributed by atoms with Crippen LogP contribution < -0.4 is 5.32 Å². The average Bonchev–Trinajstić information content (AvgIpc) is 2.83.